The minimum absolute atomic E-state index is 0.00701. The van der Waals surface area contributed by atoms with Crippen LogP contribution >= 0.6 is 0 Å². The molecule has 2 unspecified atom stereocenters. The van der Waals surface area contributed by atoms with Crippen LogP contribution in [0.15, 0.2) is 0 Å². The summed E-state index contributed by atoms with van der Waals surface area (Å²) in [5, 5.41) is -1.93. The van der Waals surface area contributed by atoms with Gasteiger partial charge >= 0.3 is 17.6 Å². The minimum atomic E-state index is -3.37. The molecule has 32 heavy (non-hydrogen) atoms. The lowest BCUT2D eigenvalue weighted by Crippen LogP contribution is -2.64. The Morgan fingerprint density at radius 1 is 0.562 bits per heavy atom. The molecule has 7 nitrogen and oxygen atoms in total. The summed E-state index contributed by atoms with van der Waals surface area (Å²) in [6.45, 7) is 8.22. The van der Waals surface area contributed by atoms with Crippen LogP contribution in [-0.4, -0.2) is 66.1 Å². The Bertz CT molecular complexity index is 466. The van der Waals surface area contributed by atoms with Crippen LogP contribution < -0.4 is 0 Å². The topological polar surface area (TPSA) is 72.5 Å². The first-order valence-corrected chi connectivity index (χ1v) is 15.4. The molecule has 0 aliphatic rings. The lowest BCUT2D eigenvalue weighted by atomic mass is 9.86. The second kappa shape index (κ2) is 15.0. The number of ketones is 1. The predicted molar refractivity (Wildman–Crippen MR) is 133 cm³/mol. The summed E-state index contributed by atoms with van der Waals surface area (Å²) in [6.07, 6.45) is 9.54. The molecular weight excluding hydrogens is 444 g/mol. The first-order chi connectivity index (χ1) is 15.1. The van der Waals surface area contributed by atoms with E-state index >= 15 is 0 Å². The maximum atomic E-state index is 14.7. The summed E-state index contributed by atoms with van der Waals surface area (Å²) in [5.41, 5.74) is 0. The van der Waals surface area contributed by atoms with E-state index in [9.17, 15) is 4.79 Å². The van der Waals surface area contributed by atoms with Crippen LogP contribution in [0, 0.1) is 0 Å². The third kappa shape index (κ3) is 6.50. The number of hydrogen-bond donors (Lipinski definition) is 0. The van der Waals surface area contributed by atoms with Crippen LogP contribution in [0.2, 0.25) is 10.1 Å². The van der Waals surface area contributed by atoms with Crippen LogP contribution in [0.1, 0.15) is 91.9 Å². The van der Waals surface area contributed by atoms with Crippen molar-refractivity contribution in [3.05, 3.63) is 0 Å². The van der Waals surface area contributed by atoms with Gasteiger partial charge in [0.1, 0.15) is 0 Å². The number of carbonyl (C=O) groups excluding carboxylic acids is 1. The second-order valence-corrected chi connectivity index (χ2v) is 15.8. The highest BCUT2D eigenvalue weighted by atomic mass is 28.4. The maximum absolute atomic E-state index is 14.7. The standard InChI is InChI=1S/C23H50O7Si2/c1-11-13-15-17-19-22(3,31(25-5,26-6)27-7)21(24)23(4,20-18-16-14-12-2)32(28-8,29-9)30-10/h11-20H2,1-10H3. The highest BCUT2D eigenvalue weighted by Crippen LogP contribution is 2.56. The Labute approximate surface area is 199 Å². The summed E-state index contributed by atoms with van der Waals surface area (Å²) in [5.74, 6) is -0.00701. The van der Waals surface area contributed by atoms with Crippen molar-refractivity contribution in [1.29, 1.82) is 0 Å². The Morgan fingerprint density at radius 2 is 0.844 bits per heavy atom. The fraction of sp³-hybridized carbons (Fsp3) is 0.957. The van der Waals surface area contributed by atoms with E-state index in [0.717, 1.165) is 51.4 Å². The van der Waals surface area contributed by atoms with Gasteiger partial charge in [0, 0.05) is 42.7 Å². The number of unbranched alkanes of at least 4 members (excludes halogenated alkanes) is 6. The molecule has 0 amide bonds. The number of hydrogen-bond acceptors (Lipinski definition) is 7. The molecule has 0 N–H and O–H groups in total. The first kappa shape index (κ1) is 31.9. The summed E-state index contributed by atoms with van der Waals surface area (Å²) < 4.78 is 35.4. The van der Waals surface area contributed by atoms with Crippen LogP contribution in [0.4, 0.5) is 0 Å². The molecule has 0 saturated heterocycles. The molecule has 192 valence electrons. The van der Waals surface area contributed by atoms with E-state index in [0.29, 0.717) is 12.8 Å². The number of carbonyl (C=O) groups is 1. The van der Waals surface area contributed by atoms with E-state index in [1.54, 1.807) is 42.7 Å². The van der Waals surface area contributed by atoms with Crippen molar-refractivity contribution < 1.29 is 31.4 Å². The smallest absolute Gasteiger partial charge is 0.376 e. The molecule has 0 aliphatic heterocycles. The fourth-order valence-electron chi connectivity index (χ4n) is 5.08. The summed E-state index contributed by atoms with van der Waals surface area (Å²) in [7, 11) is 2.70. The van der Waals surface area contributed by atoms with Gasteiger partial charge in [-0.1, -0.05) is 65.2 Å². The van der Waals surface area contributed by atoms with Gasteiger partial charge in [-0.15, -0.1) is 0 Å². The van der Waals surface area contributed by atoms with Crippen LogP contribution in [0.5, 0.6) is 0 Å². The lowest BCUT2D eigenvalue weighted by Gasteiger charge is -2.48. The monoisotopic (exact) mass is 494 g/mol. The van der Waals surface area contributed by atoms with E-state index in [1.807, 2.05) is 13.8 Å². The van der Waals surface area contributed by atoms with Gasteiger partial charge in [0.15, 0.2) is 5.78 Å². The zero-order valence-electron chi connectivity index (χ0n) is 22.4. The number of rotatable bonds is 20. The van der Waals surface area contributed by atoms with Crippen molar-refractivity contribution in [2.45, 2.75) is 102 Å². The molecule has 0 aromatic carbocycles. The third-order valence-electron chi connectivity index (χ3n) is 7.03. The van der Waals surface area contributed by atoms with Crippen LogP contribution in [-0.2, 0) is 31.4 Å². The van der Waals surface area contributed by atoms with E-state index in [1.165, 1.54) is 0 Å². The summed E-state index contributed by atoms with van der Waals surface area (Å²) in [6, 6.07) is 0. The molecule has 0 heterocycles. The molecule has 0 rings (SSSR count). The molecular formula is C23H50O7Si2. The molecule has 0 aromatic heterocycles. The maximum Gasteiger partial charge on any atom is 0.514 e. The quantitative estimate of drug-likeness (QED) is 0.157. The van der Waals surface area contributed by atoms with Crippen molar-refractivity contribution in [3.8, 4) is 0 Å². The van der Waals surface area contributed by atoms with Gasteiger partial charge in [-0.3, -0.25) is 4.79 Å². The largest absolute Gasteiger partial charge is 0.514 e. The van der Waals surface area contributed by atoms with Gasteiger partial charge in [0.2, 0.25) is 0 Å². The Hall–Kier alpha value is -0.136. The van der Waals surface area contributed by atoms with Crippen LogP contribution in [0.3, 0.4) is 0 Å². The van der Waals surface area contributed by atoms with Gasteiger partial charge in [-0.25, -0.2) is 0 Å². The van der Waals surface area contributed by atoms with E-state index < -0.39 is 27.7 Å². The molecule has 0 saturated carbocycles. The normalized spacial score (nSPS) is 16.6. The van der Waals surface area contributed by atoms with E-state index in [4.69, 9.17) is 26.6 Å². The van der Waals surface area contributed by atoms with Crippen molar-refractivity contribution >= 4 is 23.4 Å². The molecule has 0 fully saturated rings. The molecule has 0 bridgehead atoms. The SMILES string of the molecule is CCCCCCC(C)(C(=O)C(C)(CCCCCC)[Si](OC)(OC)OC)[Si](OC)(OC)OC. The van der Waals surface area contributed by atoms with Crippen molar-refractivity contribution in [2.75, 3.05) is 42.7 Å². The average Bonchev–Trinajstić information content (AvgIpc) is 2.82. The van der Waals surface area contributed by atoms with Gasteiger partial charge < -0.3 is 26.6 Å². The summed E-state index contributed by atoms with van der Waals surface area (Å²) >= 11 is 0. The van der Waals surface area contributed by atoms with Gasteiger partial charge in [-0.05, 0) is 26.7 Å². The Morgan fingerprint density at radius 3 is 1.06 bits per heavy atom. The Balaban J connectivity index is 6.55. The zero-order chi connectivity index (χ0) is 24.9. The predicted octanol–water partition coefficient (Wildman–Crippen LogP) is 5.77. The van der Waals surface area contributed by atoms with Gasteiger partial charge in [0.25, 0.3) is 0 Å². The Kier molecular flexibility index (Phi) is 14.9. The highest BCUT2D eigenvalue weighted by Gasteiger charge is 2.70. The average molecular weight is 495 g/mol. The van der Waals surface area contributed by atoms with Gasteiger partial charge in [-0.2, -0.15) is 0 Å². The molecule has 0 aliphatic carbocycles. The minimum Gasteiger partial charge on any atom is -0.376 e. The molecule has 0 radical (unpaired) electrons. The number of Topliss-reactive ketones (excluding diaryl/α,β-unsaturated/α-hetero) is 1. The highest BCUT2D eigenvalue weighted by molar-refractivity contribution is 6.74. The van der Waals surface area contributed by atoms with Gasteiger partial charge in [0.05, 0.1) is 10.1 Å². The zero-order valence-corrected chi connectivity index (χ0v) is 24.4. The van der Waals surface area contributed by atoms with E-state index in [-0.39, 0.29) is 5.78 Å². The van der Waals surface area contributed by atoms with E-state index in [2.05, 4.69) is 13.8 Å². The van der Waals surface area contributed by atoms with Crippen molar-refractivity contribution in [1.82, 2.24) is 0 Å². The van der Waals surface area contributed by atoms with Crippen LogP contribution in [0.25, 0.3) is 0 Å². The van der Waals surface area contributed by atoms with Crippen molar-refractivity contribution in [2.24, 2.45) is 0 Å². The molecule has 0 spiro atoms. The lowest BCUT2D eigenvalue weighted by molar-refractivity contribution is -0.129. The fourth-order valence-corrected chi connectivity index (χ4v) is 11.0. The molecule has 2 atom stereocenters. The van der Waals surface area contributed by atoms with Crippen molar-refractivity contribution in [3.63, 3.8) is 0 Å². The molecule has 0 aromatic rings. The second-order valence-electron chi connectivity index (χ2n) is 8.95. The molecule has 9 heteroatoms. The summed E-state index contributed by atoms with van der Waals surface area (Å²) in [4.78, 5) is 14.7. The first-order valence-electron chi connectivity index (χ1n) is 12.0. The third-order valence-corrected chi connectivity index (χ3v) is 13.9.